The number of thiophene rings is 1. The molecular weight excluding hydrogens is 292 g/mol. The molecule has 0 aromatic carbocycles. The van der Waals surface area contributed by atoms with Gasteiger partial charge >= 0.3 is 0 Å². The largest absolute Gasteiger partial charge is 0.370 e. The molecule has 22 heavy (non-hydrogen) atoms. The van der Waals surface area contributed by atoms with Gasteiger partial charge < -0.3 is 11.1 Å². The van der Waals surface area contributed by atoms with Crippen LogP contribution in [0.5, 0.6) is 0 Å². The maximum absolute atomic E-state index is 5.92. The fraction of sp³-hybridized carbons (Fsp3) is 0.706. The molecule has 1 fully saturated rings. The molecule has 0 bridgehead atoms. The second-order valence-corrected chi connectivity index (χ2v) is 7.67. The van der Waals surface area contributed by atoms with Gasteiger partial charge in [-0.2, -0.15) is 0 Å². The predicted molar refractivity (Wildman–Crippen MR) is 96.3 cm³/mol. The first-order chi connectivity index (χ1) is 10.6. The Morgan fingerprint density at radius 1 is 1.45 bits per heavy atom. The number of guanidine groups is 1. The average Bonchev–Trinajstić information content (AvgIpc) is 2.99. The highest BCUT2D eigenvalue weighted by molar-refractivity contribution is 7.09. The zero-order valence-electron chi connectivity index (χ0n) is 13.9. The fourth-order valence-electron chi connectivity index (χ4n) is 2.72. The third kappa shape index (κ3) is 6.36. The summed E-state index contributed by atoms with van der Waals surface area (Å²) in [6.07, 6.45) is 3.60. The lowest BCUT2D eigenvalue weighted by atomic mass is 9.97. The van der Waals surface area contributed by atoms with Gasteiger partial charge in [0.05, 0.1) is 0 Å². The number of aliphatic imine (C=N–C) groups is 1. The van der Waals surface area contributed by atoms with Crippen molar-refractivity contribution in [3.63, 3.8) is 0 Å². The quantitative estimate of drug-likeness (QED) is 0.599. The van der Waals surface area contributed by atoms with Crippen LogP contribution in [-0.2, 0) is 6.54 Å². The minimum Gasteiger partial charge on any atom is -0.370 e. The van der Waals surface area contributed by atoms with E-state index in [0.717, 1.165) is 26.1 Å². The molecule has 1 aromatic rings. The molecule has 1 aliphatic heterocycles. The normalized spacial score (nSPS) is 18.0. The van der Waals surface area contributed by atoms with E-state index in [0.29, 0.717) is 17.8 Å². The Morgan fingerprint density at radius 3 is 2.86 bits per heavy atom. The van der Waals surface area contributed by atoms with Crippen molar-refractivity contribution in [2.75, 3.05) is 26.2 Å². The third-order valence-electron chi connectivity index (χ3n) is 4.21. The molecule has 1 saturated heterocycles. The van der Waals surface area contributed by atoms with Crippen molar-refractivity contribution in [2.45, 2.75) is 39.7 Å². The minimum atomic E-state index is 0.613. The van der Waals surface area contributed by atoms with Gasteiger partial charge in [-0.15, -0.1) is 11.3 Å². The van der Waals surface area contributed by atoms with Crippen molar-refractivity contribution in [1.29, 1.82) is 0 Å². The van der Waals surface area contributed by atoms with E-state index in [4.69, 9.17) is 5.73 Å². The lowest BCUT2D eigenvalue weighted by Gasteiger charge is -2.30. The van der Waals surface area contributed by atoms with Crippen molar-refractivity contribution >= 4 is 17.3 Å². The molecule has 0 spiro atoms. The van der Waals surface area contributed by atoms with Gasteiger partial charge in [0.15, 0.2) is 5.96 Å². The highest BCUT2D eigenvalue weighted by Crippen LogP contribution is 2.20. The summed E-state index contributed by atoms with van der Waals surface area (Å²) >= 11 is 1.85. The SMILES string of the molecule is CC(C)CCNC(N)=NCC1CCN(Cc2cccs2)CC1. The molecule has 124 valence electrons. The summed E-state index contributed by atoms with van der Waals surface area (Å²) in [6, 6.07) is 4.36. The number of likely N-dealkylation sites (tertiary alicyclic amines) is 1. The Morgan fingerprint density at radius 2 is 2.23 bits per heavy atom. The summed E-state index contributed by atoms with van der Waals surface area (Å²) in [5, 5.41) is 5.37. The van der Waals surface area contributed by atoms with Gasteiger partial charge in [-0.25, -0.2) is 0 Å². The Bertz CT molecular complexity index is 434. The number of nitrogens with two attached hydrogens (primary N) is 1. The van der Waals surface area contributed by atoms with Crippen LogP contribution in [0.1, 0.15) is 38.0 Å². The topological polar surface area (TPSA) is 53.6 Å². The van der Waals surface area contributed by atoms with Crippen molar-refractivity contribution < 1.29 is 0 Å². The predicted octanol–water partition coefficient (Wildman–Crippen LogP) is 2.91. The number of piperidine rings is 1. The summed E-state index contributed by atoms with van der Waals surface area (Å²) in [4.78, 5) is 8.53. The molecule has 1 aromatic heterocycles. The summed E-state index contributed by atoms with van der Waals surface area (Å²) in [6.45, 7) is 9.70. The monoisotopic (exact) mass is 322 g/mol. The first-order valence-electron chi connectivity index (χ1n) is 8.42. The number of nitrogens with zero attached hydrogens (tertiary/aromatic N) is 2. The van der Waals surface area contributed by atoms with Crippen LogP contribution in [0.4, 0.5) is 0 Å². The van der Waals surface area contributed by atoms with Gasteiger partial charge in [-0.3, -0.25) is 9.89 Å². The van der Waals surface area contributed by atoms with Gasteiger partial charge in [0.1, 0.15) is 0 Å². The average molecular weight is 323 g/mol. The van der Waals surface area contributed by atoms with Crippen molar-refractivity contribution in [1.82, 2.24) is 10.2 Å². The second-order valence-electron chi connectivity index (χ2n) is 6.63. The van der Waals surface area contributed by atoms with Crippen molar-refractivity contribution in [3.8, 4) is 0 Å². The van der Waals surface area contributed by atoms with E-state index in [1.165, 1.54) is 30.8 Å². The third-order valence-corrected chi connectivity index (χ3v) is 5.08. The molecule has 3 N–H and O–H groups in total. The molecule has 0 atom stereocenters. The summed E-state index contributed by atoms with van der Waals surface area (Å²) in [5.41, 5.74) is 5.92. The van der Waals surface area contributed by atoms with Crippen LogP contribution >= 0.6 is 11.3 Å². The van der Waals surface area contributed by atoms with Crippen LogP contribution < -0.4 is 11.1 Å². The maximum Gasteiger partial charge on any atom is 0.188 e. The van der Waals surface area contributed by atoms with E-state index in [-0.39, 0.29) is 0 Å². The van der Waals surface area contributed by atoms with Crippen molar-refractivity contribution in [2.24, 2.45) is 22.6 Å². The highest BCUT2D eigenvalue weighted by Gasteiger charge is 2.19. The summed E-state index contributed by atoms with van der Waals surface area (Å²) in [7, 11) is 0. The van der Waals surface area contributed by atoms with E-state index in [2.05, 4.69) is 46.6 Å². The number of rotatable bonds is 7. The Kier molecular flexibility index (Phi) is 7.19. The summed E-state index contributed by atoms with van der Waals surface area (Å²) in [5.74, 6) is 2.00. The van der Waals surface area contributed by atoms with Crippen LogP contribution in [0.2, 0.25) is 0 Å². The molecule has 0 saturated carbocycles. The van der Waals surface area contributed by atoms with Gasteiger partial charge in [0, 0.05) is 24.5 Å². The molecule has 2 rings (SSSR count). The smallest absolute Gasteiger partial charge is 0.188 e. The highest BCUT2D eigenvalue weighted by atomic mass is 32.1. The summed E-state index contributed by atoms with van der Waals surface area (Å²) < 4.78 is 0. The van der Waals surface area contributed by atoms with Gasteiger partial charge in [0.25, 0.3) is 0 Å². The molecular formula is C17H30N4S. The van der Waals surface area contributed by atoms with Gasteiger partial charge in [-0.05, 0) is 55.6 Å². The molecule has 0 radical (unpaired) electrons. The lowest BCUT2D eigenvalue weighted by molar-refractivity contribution is 0.182. The number of nitrogens with one attached hydrogen (secondary N) is 1. The molecule has 0 unspecified atom stereocenters. The number of hydrogen-bond acceptors (Lipinski definition) is 3. The van der Waals surface area contributed by atoms with Crippen LogP contribution in [0, 0.1) is 11.8 Å². The minimum absolute atomic E-state index is 0.613. The first-order valence-corrected chi connectivity index (χ1v) is 9.30. The van der Waals surface area contributed by atoms with Crippen LogP contribution in [-0.4, -0.2) is 37.0 Å². The van der Waals surface area contributed by atoms with E-state index in [9.17, 15) is 0 Å². The molecule has 0 aliphatic carbocycles. The van der Waals surface area contributed by atoms with Gasteiger partial charge in [0.2, 0.25) is 0 Å². The molecule has 0 amide bonds. The van der Waals surface area contributed by atoms with Crippen LogP contribution in [0.15, 0.2) is 22.5 Å². The second kappa shape index (κ2) is 9.16. The van der Waals surface area contributed by atoms with Crippen LogP contribution in [0.3, 0.4) is 0 Å². The fourth-order valence-corrected chi connectivity index (χ4v) is 3.47. The van der Waals surface area contributed by atoms with E-state index >= 15 is 0 Å². The lowest BCUT2D eigenvalue weighted by Crippen LogP contribution is -2.36. The van der Waals surface area contributed by atoms with Crippen LogP contribution in [0.25, 0.3) is 0 Å². The zero-order valence-corrected chi connectivity index (χ0v) is 14.7. The maximum atomic E-state index is 5.92. The molecule has 1 aliphatic rings. The Balaban J connectivity index is 1.62. The Hall–Kier alpha value is -1.07. The van der Waals surface area contributed by atoms with Crippen molar-refractivity contribution in [3.05, 3.63) is 22.4 Å². The Labute approximate surface area is 138 Å². The van der Waals surface area contributed by atoms with E-state index < -0.39 is 0 Å². The standard InChI is InChI=1S/C17H30N4S/c1-14(2)5-8-19-17(18)20-12-15-6-9-21(10-7-15)13-16-4-3-11-22-16/h3-4,11,14-15H,5-10,12-13H2,1-2H3,(H3,18,19,20). The first kappa shape index (κ1) is 17.3. The van der Waals surface area contributed by atoms with E-state index in [1.54, 1.807) is 0 Å². The molecule has 4 nitrogen and oxygen atoms in total. The van der Waals surface area contributed by atoms with Gasteiger partial charge in [-0.1, -0.05) is 19.9 Å². The number of hydrogen-bond donors (Lipinski definition) is 2. The molecule has 2 heterocycles. The van der Waals surface area contributed by atoms with E-state index in [1.807, 2.05) is 11.3 Å². The molecule has 5 heteroatoms. The zero-order chi connectivity index (χ0) is 15.8.